The second-order valence-corrected chi connectivity index (χ2v) is 3.77. The van der Waals surface area contributed by atoms with E-state index in [0.29, 0.717) is 17.8 Å². The van der Waals surface area contributed by atoms with Gasteiger partial charge in [-0.3, -0.25) is 0 Å². The Morgan fingerprint density at radius 2 is 2.07 bits per heavy atom. The number of nitrogen functional groups attached to an aromatic ring is 1. The van der Waals surface area contributed by atoms with Crippen LogP contribution in [0, 0.1) is 0 Å². The van der Waals surface area contributed by atoms with E-state index >= 15 is 0 Å². The third-order valence-corrected chi connectivity index (χ3v) is 2.05. The molecule has 0 aliphatic rings. The summed E-state index contributed by atoms with van der Waals surface area (Å²) in [5.74, 6) is 1.11. The van der Waals surface area contributed by atoms with Crippen molar-refractivity contribution in [2.75, 3.05) is 18.1 Å². The molecule has 0 aliphatic carbocycles. The van der Waals surface area contributed by atoms with Crippen LogP contribution < -0.4 is 10.5 Å². The SMILES string of the molecule is CCCOc1nc(N)nc(SCC)n1. The van der Waals surface area contributed by atoms with Crippen LogP contribution in [0.5, 0.6) is 6.01 Å². The van der Waals surface area contributed by atoms with Gasteiger partial charge in [0.1, 0.15) is 0 Å². The molecule has 5 nitrogen and oxygen atoms in total. The predicted octanol–water partition coefficient (Wildman–Crippen LogP) is 1.35. The van der Waals surface area contributed by atoms with Crippen molar-refractivity contribution < 1.29 is 4.74 Å². The lowest BCUT2D eigenvalue weighted by Gasteiger charge is -2.04. The quantitative estimate of drug-likeness (QED) is 0.746. The Kier molecular flexibility index (Phi) is 4.45. The molecule has 1 heterocycles. The summed E-state index contributed by atoms with van der Waals surface area (Å²) in [6, 6.07) is 0.315. The van der Waals surface area contributed by atoms with Crippen LogP contribution in [0.4, 0.5) is 5.95 Å². The lowest BCUT2D eigenvalue weighted by molar-refractivity contribution is 0.288. The molecule has 0 bridgehead atoms. The number of anilines is 1. The predicted molar refractivity (Wildman–Crippen MR) is 56.4 cm³/mol. The smallest absolute Gasteiger partial charge is 0.322 e. The summed E-state index contributed by atoms with van der Waals surface area (Å²) in [5, 5.41) is 0.617. The van der Waals surface area contributed by atoms with Crippen molar-refractivity contribution in [3.05, 3.63) is 0 Å². The van der Waals surface area contributed by atoms with E-state index in [4.69, 9.17) is 10.5 Å². The third-order valence-electron chi connectivity index (χ3n) is 1.32. The van der Waals surface area contributed by atoms with E-state index in [1.807, 2.05) is 13.8 Å². The van der Waals surface area contributed by atoms with E-state index in [-0.39, 0.29) is 5.95 Å². The molecule has 0 aromatic carbocycles. The topological polar surface area (TPSA) is 73.9 Å². The lowest BCUT2D eigenvalue weighted by Crippen LogP contribution is -2.05. The summed E-state index contributed by atoms with van der Waals surface area (Å²) in [4.78, 5) is 11.9. The van der Waals surface area contributed by atoms with Crippen LogP contribution in [0.25, 0.3) is 0 Å². The molecule has 0 amide bonds. The Labute approximate surface area is 87.5 Å². The summed E-state index contributed by atoms with van der Waals surface area (Å²) < 4.78 is 5.27. The summed E-state index contributed by atoms with van der Waals surface area (Å²) in [5.41, 5.74) is 5.51. The van der Waals surface area contributed by atoms with Gasteiger partial charge in [-0.05, 0) is 12.2 Å². The van der Waals surface area contributed by atoms with E-state index in [2.05, 4.69) is 15.0 Å². The number of ether oxygens (including phenoxy) is 1. The standard InChI is InChI=1S/C8H14N4OS/c1-3-5-13-7-10-6(9)11-8(12-7)14-4-2/h3-5H2,1-2H3,(H2,9,10,11,12). The average molecular weight is 214 g/mol. The highest BCUT2D eigenvalue weighted by atomic mass is 32.2. The summed E-state index contributed by atoms with van der Waals surface area (Å²) >= 11 is 1.51. The molecule has 14 heavy (non-hydrogen) atoms. The second kappa shape index (κ2) is 5.64. The first-order chi connectivity index (χ1) is 6.76. The van der Waals surface area contributed by atoms with Crippen LogP contribution in [0.3, 0.4) is 0 Å². The Bertz CT molecular complexity index is 295. The number of hydrogen-bond donors (Lipinski definition) is 1. The Hall–Kier alpha value is -1.04. The van der Waals surface area contributed by atoms with Crippen molar-refractivity contribution in [1.29, 1.82) is 0 Å². The average Bonchev–Trinajstić information content (AvgIpc) is 2.14. The Morgan fingerprint density at radius 1 is 1.29 bits per heavy atom. The van der Waals surface area contributed by atoms with Crippen LogP contribution in [-0.2, 0) is 0 Å². The molecule has 0 saturated carbocycles. The highest BCUT2D eigenvalue weighted by molar-refractivity contribution is 7.99. The van der Waals surface area contributed by atoms with Gasteiger partial charge in [0.25, 0.3) is 0 Å². The highest BCUT2D eigenvalue weighted by Crippen LogP contribution is 2.15. The molecule has 1 rings (SSSR count). The fourth-order valence-corrected chi connectivity index (χ4v) is 1.36. The zero-order chi connectivity index (χ0) is 10.4. The fourth-order valence-electron chi connectivity index (χ4n) is 0.804. The van der Waals surface area contributed by atoms with Crippen LogP contribution in [0.1, 0.15) is 20.3 Å². The lowest BCUT2D eigenvalue weighted by atomic mass is 10.5. The molecule has 0 aliphatic heterocycles. The van der Waals surface area contributed by atoms with Gasteiger partial charge in [-0.15, -0.1) is 0 Å². The molecule has 1 aromatic rings. The minimum atomic E-state index is 0.210. The van der Waals surface area contributed by atoms with E-state index < -0.39 is 0 Å². The highest BCUT2D eigenvalue weighted by Gasteiger charge is 2.04. The van der Waals surface area contributed by atoms with Crippen molar-refractivity contribution in [3.63, 3.8) is 0 Å². The largest absolute Gasteiger partial charge is 0.463 e. The number of rotatable bonds is 5. The number of aromatic nitrogens is 3. The van der Waals surface area contributed by atoms with Crippen molar-refractivity contribution in [2.24, 2.45) is 0 Å². The first-order valence-corrected chi connectivity index (χ1v) is 5.52. The van der Waals surface area contributed by atoms with Gasteiger partial charge in [-0.1, -0.05) is 25.6 Å². The number of thioether (sulfide) groups is 1. The van der Waals surface area contributed by atoms with Gasteiger partial charge in [-0.2, -0.15) is 15.0 Å². The van der Waals surface area contributed by atoms with Gasteiger partial charge in [-0.25, -0.2) is 0 Å². The Balaban J connectivity index is 2.73. The van der Waals surface area contributed by atoms with Crippen LogP contribution in [0.15, 0.2) is 5.16 Å². The molecule has 0 atom stereocenters. The van der Waals surface area contributed by atoms with Gasteiger partial charge in [0, 0.05) is 0 Å². The normalized spacial score (nSPS) is 10.1. The van der Waals surface area contributed by atoms with Crippen LogP contribution in [0.2, 0.25) is 0 Å². The van der Waals surface area contributed by atoms with Gasteiger partial charge >= 0.3 is 6.01 Å². The fraction of sp³-hybridized carbons (Fsp3) is 0.625. The third kappa shape index (κ3) is 3.37. The first kappa shape index (κ1) is 11.0. The minimum Gasteiger partial charge on any atom is -0.463 e. The van der Waals surface area contributed by atoms with E-state index in [9.17, 15) is 0 Å². The molecule has 78 valence electrons. The summed E-state index contributed by atoms with van der Waals surface area (Å²) in [7, 11) is 0. The molecular formula is C8H14N4OS. The van der Waals surface area contributed by atoms with Crippen molar-refractivity contribution >= 4 is 17.7 Å². The maximum atomic E-state index is 5.51. The summed E-state index contributed by atoms with van der Waals surface area (Å²) in [6.45, 7) is 4.64. The van der Waals surface area contributed by atoms with Crippen LogP contribution >= 0.6 is 11.8 Å². The molecule has 0 unspecified atom stereocenters. The van der Waals surface area contributed by atoms with Crippen molar-refractivity contribution in [3.8, 4) is 6.01 Å². The van der Waals surface area contributed by atoms with Gasteiger partial charge < -0.3 is 10.5 Å². The summed E-state index contributed by atoms with van der Waals surface area (Å²) in [6.07, 6.45) is 0.918. The van der Waals surface area contributed by atoms with Crippen molar-refractivity contribution in [2.45, 2.75) is 25.4 Å². The molecule has 0 spiro atoms. The van der Waals surface area contributed by atoms with E-state index in [0.717, 1.165) is 12.2 Å². The van der Waals surface area contributed by atoms with Gasteiger partial charge in [0.05, 0.1) is 6.61 Å². The second-order valence-electron chi connectivity index (χ2n) is 2.54. The zero-order valence-corrected chi connectivity index (χ0v) is 9.17. The van der Waals surface area contributed by atoms with Crippen LogP contribution in [-0.4, -0.2) is 27.3 Å². The molecule has 0 saturated heterocycles. The minimum absolute atomic E-state index is 0.210. The molecule has 6 heteroatoms. The van der Waals surface area contributed by atoms with Crippen molar-refractivity contribution in [1.82, 2.24) is 15.0 Å². The first-order valence-electron chi connectivity index (χ1n) is 4.53. The molecule has 0 fully saturated rings. The zero-order valence-electron chi connectivity index (χ0n) is 8.36. The van der Waals surface area contributed by atoms with E-state index in [1.165, 1.54) is 11.8 Å². The number of hydrogen-bond acceptors (Lipinski definition) is 6. The monoisotopic (exact) mass is 214 g/mol. The molecule has 1 aromatic heterocycles. The van der Waals surface area contributed by atoms with Gasteiger partial charge in [0.15, 0.2) is 5.16 Å². The Morgan fingerprint density at radius 3 is 2.71 bits per heavy atom. The maximum absolute atomic E-state index is 5.51. The molecule has 2 N–H and O–H groups in total. The molecule has 0 radical (unpaired) electrons. The number of nitrogens with zero attached hydrogens (tertiary/aromatic N) is 3. The number of nitrogens with two attached hydrogens (primary N) is 1. The molecular weight excluding hydrogens is 200 g/mol. The van der Waals surface area contributed by atoms with E-state index in [1.54, 1.807) is 0 Å². The van der Waals surface area contributed by atoms with Gasteiger partial charge in [0.2, 0.25) is 5.95 Å². The maximum Gasteiger partial charge on any atom is 0.322 e.